The van der Waals surface area contributed by atoms with Gasteiger partial charge in [0.15, 0.2) is 11.5 Å². The van der Waals surface area contributed by atoms with E-state index < -0.39 is 18.0 Å². The number of aromatic nitrogens is 6. The largest absolute Gasteiger partial charge is 0.321 e. The molecule has 2 aromatic heterocycles. The molecule has 0 aliphatic carbocycles. The summed E-state index contributed by atoms with van der Waals surface area (Å²) in [6, 6.07) is 7.79. The Hall–Kier alpha value is -3.17. The summed E-state index contributed by atoms with van der Waals surface area (Å²) >= 11 is 0. The van der Waals surface area contributed by atoms with Gasteiger partial charge in [0.2, 0.25) is 0 Å². The zero-order valence-electron chi connectivity index (χ0n) is 11.9. The predicted octanol–water partition coefficient (Wildman–Crippen LogP) is 1.88. The van der Waals surface area contributed by atoms with E-state index >= 15 is 0 Å². The maximum absolute atomic E-state index is 12.5. The number of halogens is 2. The van der Waals surface area contributed by atoms with Crippen molar-refractivity contribution in [3.05, 3.63) is 47.5 Å². The Morgan fingerprint density at radius 3 is 2.83 bits per heavy atom. The lowest BCUT2D eigenvalue weighted by Gasteiger charge is -2.06. The molecule has 3 rings (SSSR count). The van der Waals surface area contributed by atoms with Crippen LogP contribution in [-0.4, -0.2) is 36.3 Å². The summed E-state index contributed by atoms with van der Waals surface area (Å²) in [6.07, 6.45) is -2.71. The molecule has 1 amide bonds. The first-order chi connectivity index (χ1) is 11.0. The highest BCUT2D eigenvalue weighted by atomic mass is 19.3. The zero-order valence-corrected chi connectivity index (χ0v) is 11.9. The SMILES string of the molecule is Cc1nnnn1-c1cccc(NC(=O)c2cc(C(F)F)[nH]n2)c1. The fourth-order valence-electron chi connectivity index (χ4n) is 1.95. The number of aryl methyl sites for hydroxylation is 1. The van der Waals surface area contributed by atoms with E-state index in [-0.39, 0.29) is 5.69 Å². The van der Waals surface area contributed by atoms with Crippen LogP contribution in [-0.2, 0) is 0 Å². The third kappa shape index (κ3) is 3.05. The number of rotatable bonds is 4. The van der Waals surface area contributed by atoms with Crippen molar-refractivity contribution in [3.63, 3.8) is 0 Å². The molecule has 0 aliphatic rings. The number of carbonyl (C=O) groups excluding carboxylic acids is 1. The molecular weight excluding hydrogens is 308 g/mol. The van der Waals surface area contributed by atoms with Crippen molar-refractivity contribution < 1.29 is 13.6 Å². The van der Waals surface area contributed by atoms with Gasteiger partial charge in [0, 0.05) is 5.69 Å². The van der Waals surface area contributed by atoms with Crippen LogP contribution in [0.1, 0.15) is 28.4 Å². The maximum Gasteiger partial charge on any atom is 0.279 e. The molecule has 0 spiro atoms. The second-order valence-electron chi connectivity index (χ2n) is 4.65. The van der Waals surface area contributed by atoms with Crippen LogP contribution in [0.2, 0.25) is 0 Å². The Morgan fingerprint density at radius 1 is 1.35 bits per heavy atom. The fourth-order valence-corrected chi connectivity index (χ4v) is 1.95. The Kier molecular flexibility index (Phi) is 3.79. The van der Waals surface area contributed by atoms with Crippen molar-refractivity contribution in [2.45, 2.75) is 13.3 Å². The van der Waals surface area contributed by atoms with Crippen LogP contribution in [0.3, 0.4) is 0 Å². The van der Waals surface area contributed by atoms with E-state index in [0.717, 1.165) is 6.07 Å². The molecule has 118 valence electrons. The molecule has 0 saturated heterocycles. The highest BCUT2D eigenvalue weighted by Crippen LogP contribution is 2.18. The zero-order chi connectivity index (χ0) is 16.4. The molecule has 0 bridgehead atoms. The van der Waals surface area contributed by atoms with Gasteiger partial charge in [-0.25, -0.2) is 8.78 Å². The second-order valence-corrected chi connectivity index (χ2v) is 4.65. The van der Waals surface area contributed by atoms with Gasteiger partial charge in [-0.05, 0) is 41.6 Å². The average Bonchev–Trinajstić information content (AvgIpc) is 3.16. The first-order valence-electron chi connectivity index (χ1n) is 6.55. The van der Waals surface area contributed by atoms with Gasteiger partial charge < -0.3 is 5.32 Å². The van der Waals surface area contributed by atoms with Crippen LogP contribution in [0.15, 0.2) is 30.3 Å². The Balaban J connectivity index is 1.80. The van der Waals surface area contributed by atoms with Gasteiger partial charge in [0.25, 0.3) is 12.3 Å². The Labute approximate surface area is 128 Å². The summed E-state index contributed by atoms with van der Waals surface area (Å²) < 4.78 is 26.5. The molecule has 3 aromatic rings. The van der Waals surface area contributed by atoms with Crippen LogP contribution in [0.5, 0.6) is 0 Å². The van der Waals surface area contributed by atoms with Crippen molar-refractivity contribution in [2.75, 3.05) is 5.32 Å². The van der Waals surface area contributed by atoms with Crippen molar-refractivity contribution >= 4 is 11.6 Å². The lowest BCUT2D eigenvalue weighted by molar-refractivity contribution is 0.102. The summed E-state index contributed by atoms with van der Waals surface area (Å²) in [5.74, 6) is -0.0129. The smallest absolute Gasteiger partial charge is 0.279 e. The van der Waals surface area contributed by atoms with Gasteiger partial charge in [-0.3, -0.25) is 9.89 Å². The summed E-state index contributed by atoms with van der Waals surface area (Å²) in [5.41, 5.74) is 0.585. The van der Waals surface area contributed by atoms with E-state index in [2.05, 4.69) is 31.0 Å². The molecule has 0 radical (unpaired) electrons. The number of anilines is 1. The highest BCUT2D eigenvalue weighted by Gasteiger charge is 2.16. The van der Waals surface area contributed by atoms with E-state index in [1.165, 1.54) is 4.68 Å². The van der Waals surface area contributed by atoms with Crippen molar-refractivity contribution in [1.29, 1.82) is 0 Å². The Morgan fingerprint density at radius 2 is 2.17 bits per heavy atom. The number of carbonyl (C=O) groups is 1. The summed E-state index contributed by atoms with van der Waals surface area (Å²) in [4.78, 5) is 12.0. The van der Waals surface area contributed by atoms with Gasteiger partial charge >= 0.3 is 0 Å². The topological polar surface area (TPSA) is 101 Å². The number of nitrogens with one attached hydrogen (secondary N) is 2. The molecule has 10 heteroatoms. The number of nitrogens with zero attached hydrogens (tertiary/aromatic N) is 5. The van der Waals surface area contributed by atoms with E-state index in [0.29, 0.717) is 17.2 Å². The number of hydrogen-bond donors (Lipinski definition) is 2. The van der Waals surface area contributed by atoms with Crippen molar-refractivity contribution in [1.82, 2.24) is 30.4 Å². The lowest BCUT2D eigenvalue weighted by Crippen LogP contribution is -2.12. The molecule has 0 fully saturated rings. The number of aromatic amines is 1. The van der Waals surface area contributed by atoms with Crippen LogP contribution in [0.4, 0.5) is 14.5 Å². The molecule has 0 atom stereocenters. The van der Waals surface area contributed by atoms with Gasteiger partial charge in [-0.1, -0.05) is 6.07 Å². The molecule has 0 saturated carbocycles. The third-order valence-electron chi connectivity index (χ3n) is 3.04. The van der Waals surface area contributed by atoms with E-state index in [1.807, 2.05) is 0 Å². The standard InChI is InChI=1S/C13H11F2N7O/c1-7-17-20-21-22(7)9-4-2-3-8(5-9)16-13(23)11-6-10(12(14)15)18-19-11/h2-6,12H,1H3,(H,16,23)(H,18,19). The van der Waals surface area contributed by atoms with Gasteiger partial charge in [0.05, 0.1) is 5.69 Å². The number of tetrazole rings is 1. The summed E-state index contributed by atoms with van der Waals surface area (Å²) in [6.45, 7) is 1.74. The van der Waals surface area contributed by atoms with Gasteiger partial charge in [0.1, 0.15) is 5.69 Å². The monoisotopic (exact) mass is 319 g/mol. The molecule has 1 aromatic carbocycles. The van der Waals surface area contributed by atoms with Crippen molar-refractivity contribution in [3.8, 4) is 5.69 Å². The first-order valence-corrected chi connectivity index (χ1v) is 6.55. The molecule has 0 aliphatic heterocycles. The molecule has 0 unspecified atom stereocenters. The summed E-state index contributed by atoms with van der Waals surface area (Å²) in [7, 11) is 0. The van der Waals surface area contributed by atoms with Crippen LogP contribution in [0, 0.1) is 6.92 Å². The average molecular weight is 319 g/mol. The Bertz CT molecular complexity index is 842. The summed E-state index contributed by atoms with van der Waals surface area (Å²) in [5, 5.41) is 19.4. The molecule has 23 heavy (non-hydrogen) atoms. The van der Waals surface area contributed by atoms with E-state index in [1.54, 1.807) is 31.2 Å². The third-order valence-corrected chi connectivity index (χ3v) is 3.04. The lowest BCUT2D eigenvalue weighted by atomic mass is 10.2. The maximum atomic E-state index is 12.5. The van der Waals surface area contributed by atoms with E-state index in [9.17, 15) is 13.6 Å². The van der Waals surface area contributed by atoms with Crippen LogP contribution >= 0.6 is 0 Å². The van der Waals surface area contributed by atoms with Crippen LogP contribution in [0.25, 0.3) is 5.69 Å². The van der Waals surface area contributed by atoms with Gasteiger partial charge in [-0.15, -0.1) is 5.10 Å². The number of hydrogen-bond acceptors (Lipinski definition) is 5. The normalized spacial score (nSPS) is 11.0. The first kappa shape index (κ1) is 14.8. The fraction of sp³-hybridized carbons (Fsp3) is 0.154. The van der Waals surface area contributed by atoms with E-state index in [4.69, 9.17) is 0 Å². The molecule has 2 heterocycles. The van der Waals surface area contributed by atoms with Crippen molar-refractivity contribution in [2.24, 2.45) is 0 Å². The molecular formula is C13H11F2N7O. The minimum atomic E-state index is -2.71. The minimum Gasteiger partial charge on any atom is -0.321 e. The molecule has 8 nitrogen and oxygen atoms in total. The molecule has 2 N–H and O–H groups in total. The number of H-pyrrole nitrogens is 1. The van der Waals surface area contributed by atoms with Gasteiger partial charge in [-0.2, -0.15) is 9.78 Å². The number of alkyl halides is 2. The number of amides is 1. The quantitative estimate of drug-likeness (QED) is 0.764. The second kappa shape index (κ2) is 5.91. The minimum absolute atomic E-state index is 0.121. The van der Waals surface area contributed by atoms with Crippen LogP contribution < -0.4 is 5.32 Å². The number of benzene rings is 1. The highest BCUT2D eigenvalue weighted by molar-refractivity contribution is 6.03. The predicted molar refractivity (Wildman–Crippen MR) is 75.4 cm³/mol.